The fraction of sp³-hybridized carbons (Fsp3) is 0.100. The zero-order chi connectivity index (χ0) is 15.2. The largest absolute Gasteiger partial charge is 0.457 e. The number of para-hydroxylation sites is 2. The van der Waals surface area contributed by atoms with E-state index in [-0.39, 0.29) is 0 Å². The molecule has 0 atom stereocenters. The van der Waals surface area contributed by atoms with Gasteiger partial charge in [-0.1, -0.05) is 43.3 Å². The predicted molar refractivity (Wildman–Crippen MR) is 88.9 cm³/mol. The van der Waals surface area contributed by atoms with Gasteiger partial charge < -0.3 is 9.47 Å². The van der Waals surface area contributed by atoms with E-state index in [2.05, 4.69) is 6.92 Å². The van der Waals surface area contributed by atoms with Gasteiger partial charge in [0.05, 0.1) is 0 Å². The van der Waals surface area contributed by atoms with Crippen LogP contribution in [0.15, 0.2) is 78.9 Å². The Hall–Kier alpha value is -2.74. The standard InChI is InChI=1S/C20H18O2/c1-2-16-13-19(21-17-9-5-3-6-10-17)15-20(14-16)22-18-11-7-4-8-12-18/h3-15H,2H2,1H3. The minimum atomic E-state index is 0.788. The summed E-state index contributed by atoms with van der Waals surface area (Å²) in [5.74, 6) is 3.22. The van der Waals surface area contributed by atoms with Gasteiger partial charge in [-0.3, -0.25) is 0 Å². The SMILES string of the molecule is CCc1cc(Oc2ccccc2)cc(Oc2ccccc2)c1. The van der Waals surface area contributed by atoms with E-state index in [1.165, 1.54) is 5.56 Å². The third-order valence-corrected chi connectivity index (χ3v) is 3.31. The first-order valence-corrected chi connectivity index (χ1v) is 7.43. The predicted octanol–water partition coefficient (Wildman–Crippen LogP) is 5.83. The van der Waals surface area contributed by atoms with Crippen molar-refractivity contribution < 1.29 is 9.47 Å². The first-order valence-electron chi connectivity index (χ1n) is 7.43. The number of hydrogen-bond donors (Lipinski definition) is 0. The van der Waals surface area contributed by atoms with Crippen molar-refractivity contribution in [2.75, 3.05) is 0 Å². The summed E-state index contributed by atoms with van der Waals surface area (Å²) in [6.45, 7) is 2.12. The number of benzene rings is 3. The highest BCUT2D eigenvalue weighted by Crippen LogP contribution is 2.30. The molecule has 2 nitrogen and oxygen atoms in total. The second-order valence-electron chi connectivity index (χ2n) is 5.00. The Labute approximate surface area is 131 Å². The van der Waals surface area contributed by atoms with Gasteiger partial charge in [-0.2, -0.15) is 0 Å². The molecule has 0 N–H and O–H groups in total. The van der Waals surface area contributed by atoms with Crippen molar-refractivity contribution >= 4 is 0 Å². The van der Waals surface area contributed by atoms with Crippen LogP contribution < -0.4 is 9.47 Å². The average Bonchev–Trinajstić information content (AvgIpc) is 2.56. The molecular weight excluding hydrogens is 272 g/mol. The van der Waals surface area contributed by atoms with Gasteiger partial charge in [0.25, 0.3) is 0 Å². The van der Waals surface area contributed by atoms with Gasteiger partial charge in [-0.05, 0) is 48.4 Å². The molecule has 110 valence electrons. The Kier molecular flexibility index (Phi) is 4.40. The summed E-state index contributed by atoms with van der Waals surface area (Å²) in [6, 6.07) is 25.5. The highest BCUT2D eigenvalue weighted by molar-refractivity contribution is 5.42. The molecule has 0 aliphatic rings. The van der Waals surface area contributed by atoms with Crippen molar-refractivity contribution in [2.45, 2.75) is 13.3 Å². The topological polar surface area (TPSA) is 18.5 Å². The number of aryl methyl sites for hydroxylation is 1. The van der Waals surface area contributed by atoms with Crippen molar-refractivity contribution in [3.8, 4) is 23.0 Å². The van der Waals surface area contributed by atoms with Crippen molar-refractivity contribution in [2.24, 2.45) is 0 Å². The van der Waals surface area contributed by atoms with Crippen LogP contribution in [0.4, 0.5) is 0 Å². The summed E-state index contributed by atoms with van der Waals surface area (Å²) in [6.07, 6.45) is 0.928. The normalized spacial score (nSPS) is 10.2. The van der Waals surface area contributed by atoms with Crippen LogP contribution in [0.5, 0.6) is 23.0 Å². The quantitative estimate of drug-likeness (QED) is 0.588. The molecular formula is C20H18O2. The molecule has 0 aromatic heterocycles. The van der Waals surface area contributed by atoms with Gasteiger partial charge in [0.1, 0.15) is 23.0 Å². The smallest absolute Gasteiger partial charge is 0.131 e. The Morgan fingerprint density at radius 1 is 0.591 bits per heavy atom. The molecule has 0 spiro atoms. The molecule has 0 aliphatic carbocycles. The zero-order valence-corrected chi connectivity index (χ0v) is 12.5. The molecule has 3 rings (SSSR count). The molecule has 22 heavy (non-hydrogen) atoms. The third kappa shape index (κ3) is 3.67. The van der Waals surface area contributed by atoms with Crippen LogP contribution in [0, 0.1) is 0 Å². The maximum Gasteiger partial charge on any atom is 0.131 e. The maximum atomic E-state index is 5.92. The lowest BCUT2D eigenvalue weighted by atomic mass is 10.1. The Bertz CT molecular complexity index is 661. The minimum absolute atomic E-state index is 0.788. The summed E-state index contributed by atoms with van der Waals surface area (Å²) < 4.78 is 11.8. The Morgan fingerprint density at radius 3 is 1.45 bits per heavy atom. The van der Waals surface area contributed by atoms with Crippen LogP contribution in [-0.4, -0.2) is 0 Å². The van der Waals surface area contributed by atoms with Gasteiger partial charge in [-0.15, -0.1) is 0 Å². The number of ether oxygens (including phenoxy) is 2. The van der Waals surface area contributed by atoms with Crippen LogP contribution in [-0.2, 0) is 6.42 Å². The van der Waals surface area contributed by atoms with E-state index < -0.39 is 0 Å². The van der Waals surface area contributed by atoms with Crippen molar-refractivity contribution in [3.05, 3.63) is 84.4 Å². The van der Waals surface area contributed by atoms with E-state index in [1.807, 2.05) is 78.9 Å². The highest BCUT2D eigenvalue weighted by Gasteiger charge is 2.05. The Morgan fingerprint density at radius 2 is 1.05 bits per heavy atom. The van der Waals surface area contributed by atoms with Gasteiger partial charge >= 0.3 is 0 Å². The van der Waals surface area contributed by atoms with Gasteiger partial charge in [-0.25, -0.2) is 0 Å². The van der Waals surface area contributed by atoms with Crippen LogP contribution in [0.2, 0.25) is 0 Å². The van der Waals surface area contributed by atoms with E-state index in [0.29, 0.717) is 0 Å². The van der Waals surface area contributed by atoms with E-state index in [0.717, 1.165) is 29.4 Å². The first kappa shape index (κ1) is 14.2. The second-order valence-corrected chi connectivity index (χ2v) is 5.00. The second kappa shape index (κ2) is 6.81. The fourth-order valence-electron chi connectivity index (χ4n) is 2.20. The molecule has 0 fully saturated rings. The average molecular weight is 290 g/mol. The molecule has 2 heteroatoms. The fourth-order valence-corrected chi connectivity index (χ4v) is 2.20. The molecule has 0 radical (unpaired) electrons. The Balaban J connectivity index is 1.86. The van der Waals surface area contributed by atoms with E-state index in [1.54, 1.807) is 0 Å². The van der Waals surface area contributed by atoms with E-state index in [9.17, 15) is 0 Å². The van der Waals surface area contributed by atoms with Crippen molar-refractivity contribution in [1.29, 1.82) is 0 Å². The lowest BCUT2D eigenvalue weighted by Crippen LogP contribution is -1.90. The summed E-state index contributed by atoms with van der Waals surface area (Å²) in [7, 11) is 0. The van der Waals surface area contributed by atoms with Crippen molar-refractivity contribution in [1.82, 2.24) is 0 Å². The molecule has 0 unspecified atom stereocenters. The zero-order valence-electron chi connectivity index (χ0n) is 12.5. The van der Waals surface area contributed by atoms with E-state index >= 15 is 0 Å². The highest BCUT2D eigenvalue weighted by atomic mass is 16.5. The first-order chi connectivity index (χ1) is 10.8. The lowest BCUT2D eigenvalue weighted by molar-refractivity contribution is 0.459. The summed E-state index contributed by atoms with van der Waals surface area (Å²) >= 11 is 0. The lowest BCUT2D eigenvalue weighted by Gasteiger charge is -2.11. The molecule has 0 aliphatic heterocycles. The maximum absolute atomic E-state index is 5.92. The molecule has 0 saturated heterocycles. The van der Waals surface area contributed by atoms with Crippen LogP contribution in [0.1, 0.15) is 12.5 Å². The monoisotopic (exact) mass is 290 g/mol. The molecule has 0 bridgehead atoms. The molecule has 3 aromatic carbocycles. The van der Waals surface area contributed by atoms with Gasteiger partial charge in [0, 0.05) is 6.07 Å². The van der Waals surface area contributed by atoms with Crippen LogP contribution in [0.25, 0.3) is 0 Å². The number of rotatable bonds is 5. The van der Waals surface area contributed by atoms with E-state index in [4.69, 9.17) is 9.47 Å². The minimum Gasteiger partial charge on any atom is -0.457 e. The molecule has 0 saturated carbocycles. The molecule has 3 aromatic rings. The number of hydrogen-bond acceptors (Lipinski definition) is 2. The van der Waals surface area contributed by atoms with Crippen LogP contribution in [0.3, 0.4) is 0 Å². The summed E-state index contributed by atoms with van der Waals surface area (Å²) in [5, 5.41) is 0. The van der Waals surface area contributed by atoms with Crippen LogP contribution >= 0.6 is 0 Å². The third-order valence-electron chi connectivity index (χ3n) is 3.31. The van der Waals surface area contributed by atoms with Gasteiger partial charge in [0.15, 0.2) is 0 Å². The van der Waals surface area contributed by atoms with Gasteiger partial charge in [0.2, 0.25) is 0 Å². The van der Waals surface area contributed by atoms with Crippen molar-refractivity contribution in [3.63, 3.8) is 0 Å². The molecule has 0 amide bonds. The summed E-state index contributed by atoms with van der Waals surface area (Å²) in [4.78, 5) is 0. The summed E-state index contributed by atoms with van der Waals surface area (Å²) in [5.41, 5.74) is 1.18. The molecule has 0 heterocycles.